The number of carbonyl (C=O) groups is 2. The number of pyridine rings is 1. The second kappa shape index (κ2) is 12.7. The standard InChI is InChI=1S/C32H39N7O3/c1-4-17-33-29(40)25-20-34-31(38-28(25)37-27-8-5-7-26(36-27)32(2,3)42)35-24-15-13-22(14-16-24)21-9-11-23(12-10-21)30(41)39-18-6-19-39/h4-5,7-8,13-16,20-21,23,42H,1,6,9-12,17-19H2,2-3H3,(H,33,40)(H2,34,35,36,37,38). The van der Waals surface area contributed by atoms with Crippen molar-refractivity contribution < 1.29 is 14.7 Å². The van der Waals surface area contributed by atoms with Crippen molar-refractivity contribution in [1.82, 2.24) is 25.2 Å². The number of aliphatic hydroxyl groups is 1. The van der Waals surface area contributed by atoms with E-state index in [9.17, 15) is 14.7 Å². The average molecular weight is 570 g/mol. The predicted molar refractivity (Wildman–Crippen MR) is 163 cm³/mol. The van der Waals surface area contributed by atoms with Crippen LogP contribution in [0.1, 0.15) is 73.5 Å². The van der Waals surface area contributed by atoms with Crippen LogP contribution in [-0.2, 0) is 10.4 Å². The van der Waals surface area contributed by atoms with E-state index in [4.69, 9.17) is 0 Å². The molecule has 2 fully saturated rings. The predicted octanol–water partition coefficient (Wildman–Crippen LogP) is 5.01. The Hall–Kier alpha value is -4.31. The van der Waals surface area contributed by atoms with E-state index in [1.165, 1.54) is 11.8 Å². The maximum absolute atomic E-state index is 12.8. The molecule has 1 saturated carbocycles. The molecule has 0 atom stereocenters. The Kier molecular flexibility index (Phi) is 8.82. The van der Waals surface area contributed by atoms with Crippen molar-refractivity contribution in [2.45, 2.75) is 57.5 Å². The van der Waals surface area contributed by atoms with E-state index < -0.39 is 5.60 Å². The molecule has 2 aromatic heterocycles. The second-order valence-corrected chi connectivity index (χ2v) is 11.5. The normalized spacial score (nSPS) is 18.5. The van der Waals surface area contributed by atoms with Gasteiger partial charge in [-0.1, -0.05) is 24.3 Å². The molecule has 5 rings (SSSR count). The van der Waals surface area contributed by atoms with Crippen LogP contribution >= 0.6 is 0 Å². The molecular weight excluding hydrogens is 530 g/mol. The third-order valence-corrected chi connectivity index (χ3v) is 7.95. The summed E-state index contributed by atoms with van der Waals surface area (Å²) in [6.45, 7) is 9.11. The van der Waals surface area contributed by atoms with Gasteiger partial charge in [0.05, 0.1) is 5.69 Å². The lowest BCUT2D eigenvalue weighted by Crippen LogP contribution is -2.45. The first-order valence-corrected chi connectivity index (χ1v) is 14.6. The minimum Gasteiger partial charge on any atom is -0.384 e. The third kappa shape index (κ3) is 6.94. The van der Waals surface area contributed by atoms with Gasteiger partial charge in [0.25, 0.3) is 5.91 Å². The van der Waals surface area contributed by atoms with Crippen molar-refractivity contribution in [1.29, 1.82) is 0 Å². The van der Waals surface area contributed by atoms with Crippen molar-refractivity contribution in [2.75, 3.05) is 30.3 Å². The van der Waals surface area contributed by atoms with Crippen LogP contribution in [0.5, 0.6) is 0 Å². The molecule has 0 bridgehead atoms. The highest BCUT2D eigenvalue weighted by Crippen LogP contribution is 2.37. The zero-order valence-electron chi connectivity index (χ0n) is 24.3. The van der Waals surface area contributed by atoms with Crippen LogP contribution in [0.15, 0.2) is 61.3 Å². The van der Waals surface area contributed by atoms with E-state index >= 15 is 0 Å². The number of benzene rings is 1. The smallest absolute Gasteiger partial charge is 0.256 e. The summed E-state index contributed by atoms with van der Waals surface area (Å²) in [6.07, 6.45) is 8.13. The summed E-state index contributed by atoms with van der Waals surface area (Å²) in [5.41, 5.74) is 1.69. The van der Waals surface area contributed by atoms with Gasteiger partial charge in [0, 0.05) is 37.4 Å². The molecule has 1 aromatic carbocycles. The van der Waals surface area contributed by atoms with Gasteiger partial charge in [-0.15, -0.1) is 6.58 Å². The first kappa shape index (κ1) is 29.2. The van der Waals surface area contributed by atoms with Crippen LogP contribution in [-0.4, -0.2) is 56.4 Å². The lowest BCUT2D eigenvalue weighted by atomic mass is 9.78. The largest absolute Gasteiger partial charge is 0.384 e. The number of anilines is 4. The second-order valence-electron chi connectivity index (χ2n) is 11.5. The van der Waals surface area contributed by atoms with E-state index in [0.717, 1.165) is 50.9 Å². The minimum absolute atomic E-state index is 0.178. The molecule has 10 heteroatoms. The average Bonchev–Trinajstić information content (AvgIpc) is 2.95. The van der Waals surface area contributed by atoms with Crippen molar-refractivity contribution in [2.24, 2.45) is 5.92 Å². The Morgan fingerprint density at radius 3 is 2.43 bits per heavy atom. The van der Waals surface area contributed by atoms with Crippen LogP contribution in [0, 0.1) is 5.92 Å². The van der Waals surface area contributed by atoms with Gasteiger partial charge in [-0.05, 0) is 81.7 Å². The van der Waals surface area contributed by atoms with Crippen LogP contribution in [0.2, 0.25) is 0 Å². The summed E-state index contributed by atoms with van der Waals surface area (Å²) in [5.74, 6) is 1.64. The number of rotatable bonds is 10. The molecule has 2 amide bonds. The first-order valence-electron chi connectivity index (χ1n) is 14.6. The molecule has 1 saturated heterocycles. The van der Waals surface area contributed by atoms with Gasteiger partial charge >= 0.3 is 0 Å². The van der Waals surface area contributed by atoms with E-state index in [1.807, 2.05) is 17.0 Å². The SMILES string of the molecule is C=CCNC(=O)c1cnc(Nc2ccc(C3CCC(C(=O)N4CCC4)CC3)cc2)nc1Nc1cccc(C(C)(C)O)n1. The molecule has 10 nitrogen and oxygen atoms in total. The number of nitrogens with one attached hydrogen (secondary N) is 3. The number of hydrogen-bond donors (Lipinski definition) is 4. The molecule has 0 unspecified atom stereocenters. The van der Waals surface area contributed by atoms with Gasteiger partial charge in [-0.25, -0.2) is 9.97 Å². The number of aromatic nitrogens is 3. The Balaban J connectivity index is 1.28. The van der Waals surface area contributed by atoms with Gasteiger partial charge in [0.15, 0.2) is 0 Å². The van der Waals surface area contributed by atoms with Crippen molar-refractivity contribution in [3.63, 3.8) is 0 Å². The van der Waals surface area contributed by atoms with Gasteiger partial charge < -0.3 is 26.0 Å². The van der Waals surface area contributed by atoms with Gasteiger partial charge in [-0.3, -0.25) is 9.59 Å². The molecule has 2 aliphatic rings. The Morgan fingerprint density at radius 2 is 1.79 bits per heavy atom. The molecule has 4 N–H and O–H groups in total. The topological polar surface area (TPSA) is 132 Å². The number of carbonyl (C=O) groups excluding carboxylic acids is 2. The molecule has 1 aliphatic carbocycles. The fourth-order valence-corrected chi connectivity index (χ4v) is 5.37. The quantitative estimate of drug-likeness (QED) is 0.251. The zero-order chi connectivity index (χ0) is 29.7. The van der Waals surface area contributed by atoms with Gasteiger partial charge in [-0.2, -0.15) is 4.98 Å². The highest BCUT2D eigenvalue weighted by molar-refractivity contribution is 5.99. The molecule has 3 heterocycles. The van der Waals surface area contributed by atoms with Crippen molar-refractivity contribution in [3.05, 3.63) is 78.1 Å². The molecule has 42 heavy (non-hydrogen) atoms. The number of likely N-dealkylation sites (tertiary alicyclic amines) is 1. The van der Waals surface area contributed by atoms with E-state index in [0.29, 0.717) is 35.8 Å². The van der Waals surface area contributed by atoms with Crippen molar-refractivity contribution >= 4 is 35.1 Å². The number of hydrogen-bond acceptors (Lipinski definition) is 8. The maximum Gasteiger partial charge on any atom is 0.256 e. The van der Waals surface area contributed by atoms with Gasteiger partial charge in [0.2, 0.25) is 11.9 Å². The first-order chi connectivity index (χ1) is 20.2. The van der Waals surface area contributed by atoms with Crippen LogP contribution in [0.25, 0.3) is 0 Å². The highest BCUT2D eigenvalue weighted by Gasteiger charge is 2.32. The zero-order valence-corrected chi connectivity index (χ0v) is 24.3. The molecule has 0 radical (unpaired) electrons. The Labute approximate surface area is 246 Å². The van der Waals surface area contributed by atoms with Crippen LogP contribution in [0.4, 0.5) is 23.3 Å². The fraction of sp³-hybridized carbons (Fsp3) is 0.406. The monoisotopic (exact) mass is 569 g/mol. The van der Waals surface area contributed by atoms with E-state index in [-0.39, 0.29) is 23.2 Å². The third-order valence-electron chi connectivity index (χ3n) is 7.95. The van der Waals surface area contributed by atoms with Crippen molar-refractivity contribution in [3.8, 4) is 0 Å². The van der Waals surface area contributed by atoms with Crippen LogP contribution < -0.4 is 16.0 Å². The van der Waals surface area contributed by atoms with Crippen LogP contribution in [0.3, 0.4) is 0 Å². The van der Waals surface area contributed by atoms with E-state index in [1.54, 1.807) is 38.1 Å². The van der Waals surface area contributed by atoms with Gasteiger partial charge in [0.1, 0.15) is 22.8 Å². The Bertz CT molecular complexity index is 1420. The molecular formula is C32H39N7O3. The maximum atomic E-state index is 12.8. The number of amides is 2. The lowest BCUT2D eigenvalue weighted by Gasteiger charge is -2.36. The molecule has 220 valence electrons. The highest BCUT2D eigenvalue weighted by atomic mass is 16.3. The van der Waals surface area contributed by atoms with E-state index in [2.05, 4.69) is 49.6 Å². The fourth-order valence-electron chi connectivity index (χ4n) is 5.37. The summed E-state index contributed by atoms with van der Waals surface area (Å²) in [6, 6.07) is 13.5. The summed E-state index contributed by atoms with van der Waals surface area (Å²) < 4.78 is 0. The summed E-state index contributed by atoms with van der Waals surface area (Å²) >= 11 is 0. The number of nitrogens with zero attached hydrogens (tertiary/aromatic N) is 4. The Morgan fingerprint density at radius 1 is 1.05 bits per heavy atom. The lowest BCUT2D eigenvalue weighted by molar-refractivity contribution is -0.140. The molecule has 0 spiro atoms. The summed E-state index contributed by atoms with van der Waals surface area (Å²) in [5, 5.41) is 19.5. The molecule has 3 aromatic rings. The summed E-state index contributed by atoms with van der Waals surface area (Å²) in [7, 11) is 0. The molecule has 1 aliphatic heterocycles. The summed E-state index contributed by atoms with van der Waals surface area (Å²) in [4.78, 5) is 40.9. The minimum atomic E-state index is -1.13.